The normalized spacial score (nSPS) is 10.6. The van der Waals surface area contributed by atoms with Gasteiger partial charge >= 0.3 is 0 Å². The third-order valence-electron chi connectivity index (χ3n) is 2.56. The molecule has 0 spiro atoms. The molecule has 0 aromatic carbocycles. The van der Waals surface area contributed by atoms with Gasteiger partial charge in [0.2, 0.25) is 5.91 Å². The van der Waals surface area contributed by atoms with E-state index < -0.39 is 0 Å². The molecule has 18 heavy (non-hydrogen) atoms. The van der Waals surface area contributed by atoms with Crippen LogP contribution in [0.2, 0.25) is 0 Å². The Labute approximate surface area is 109 Å². The van der Waals surface area contributed by atoms with Crippen molar-refractivity contribution in [1.82, 2.24) is 15.2 Å². The number of carbonyl (C=O) groups excluding carboxylic acids is 1. The van der Waals surface area contributed by atoms with E-state index in [4.69, 9.17) is 4.74 Å². The Bertz CT molecular complexity index is 350. The molecule has 0 saturated carbocycles. The molecule has 102 valence electrons. The van der Waals surface area contributed by atoms with Gasteiger partial charge in [0.25, 0.3) is 0 Å². The number of methoxy groups -OCH3 is 1. The van der Waals surface area contributed by atoms with E-state index in [2.05, 4.69) is 17.6 Å². The van der Waals surface area contributed by atoms with Crippen molar-refractivity contribution in [3.63, 3.8) is 0 Å². The van der Waals surface area contributed by atoms with Gasteiger partial charge in [-0.05, 0) is 24.6 Å². The fourth-order valence-corrected chi connectivity index (χ4v) is 1.63. The van der Waals surface area contributed by atoms with Crippen LogP contribution in [0.4, 0.5) is 0 Å². The van der Waals surface area contributed by atoms with Gasteiger partial charge in [-0.25, -0.2) is 0 Å². The first-order valence-corrected chi connectivity index (χ1v) is 6.37. The van der Waals surface area contributed by atoms with E-state index in [-0.39, 0.29) is 5.91 Å². The van der Waals surface area contributed by atoms with Crippen molar-refractivity contribution >= 4 is 5.91 Å². The quantitative estimate of drug-likeness (QED) is 0.639. The van der Waals surface area contributed by atoms with E-state index in [9.17, 15) is 4.79 Å². The van der Waals surface area contributed by atoms with Crippen LogP contribution >= 0.6 is 0 Å². The fraction of sp³-hybridized carbons (Fsp3) is 0.615. The highest BCUT2D eigenvalue weighted by atomic mass is 16.5. The van der Waals surface area contributed by atoms with Crippen molar-refractivity contribution in [2.75, 3.05) is 26.8 Å². The number of ether oxygens (including phenoxy) is 1. The molecule has 1 heterocycles. The number of nitrogens with one attached hydrogen (secondary N) is 2. The minimum Gasteiger partial charge on any atom is -0.385 e. The lowest BCUT2D eigenvalue weighted by Crippen LogP contribution is -2.28. The van der Waals surface area contributed by atoms with E-state index in [1.54, 1.807) is 7.11 Å². The number of rotatable bonds is 9. The molecule has 1 amide bonds. The number of aromatic nitrogens is 1. The van der Waals surface area contributed by atoms with Crippen LogP contribution in [0, 0.1) is 0 Å². The zero-order chi connectivity index (χ0) is 13.2. The largest absolute Gasteiger partial charge is 0.385 e. The standard InChI is InChI=1S/C13H23N3O2/c1-3-14-9-12-5-7-16(10-12)11-13(17)15-6-4-8-18-2/h5,7,10,14H,3-4,6,8-9,11H2,1-2H3,(H,15,17). The predicted molar refractivity (Wildman–Crippen MR) is 71.3 cm³/mol. The SMILES string of the molecule is CCNCc1ccn(CC(=O)NCCCOC)c1. The molecule has 5 heteroatoms. The van der Waals surface area contributed by atoms with Crippen molar-refractivity contribution in [1.29, 1.82) is 0 Å². The van der Waals surface area contributed by atoms with Gasteiger partial charge in [0.05, 0.1) is 0 Å². The molecule has 0 saturated heterocycles. The first-order valence-electron chi connectivity index (χ1n) is 6.37. The molecule has 0 bridgehead atoms. The molecule has 1 rings (SSSR count). The van der Waals surface area contributed by atoms with Gasteiger partial charge in [0, 0.05) is 39.2 Å². The van der Waals surface area contributed by atoms with E-state index in [0.717, 1.165) is 19.5 Å². The molecular formula is C13H23N3O2. The number of amides is 1. The summed E-state index contributed by atoms with van der Waals surface area (Å²) in [6.45, 7) is 5.59. The highest BCUT2D eigenvalue weighted by Crippen LogP contribution is 2.00. The molecule has 0 unspecified atom stereocenters. The highest BCUT2D eigenvalue weighted by molar-refractivity contribution is 5.75. The second kappa shape index (κ2) is 8.72. The maximum Gasteiger partial charge on any atom is 0.239 e. The summed E-state index contributed by atoms with van der Waals surface area (Å²) in [7, 11) is 1.66. The lowest BCUT2D eigenvalue weighted by Gasteiger charge is -2.05. The summed E-state index contributed by atoms with van der Waals surface area (Å²) in [4.78, 5) is 11.6. The van der Waals surface area contributed by atoms with Gasteiger partial charge in [-0.1, -0.05) is 6.92 Å². The zero-order valence-corrected chi connectivity index (χ0v) is 11.2. The van der Waals surface area contributed by atoms with Crippen molar-refractivity contribution in [2.24, 2.45) is 0 Å². The fourth-order valence-electron chi connectivity index (χ4n) is 1.63. The molecule has 0 aliphatic carbocycles. The minimum absolute atomic E-state index is 0.0386. The maximum atomic E-state index is 11.6. The molecule has 0 fully saturated rings. The summed E-state index contributed by atoms with van der Waals surface area (Å²) >= 11 is 0. The van der Waals surface area contributed by atoms with Crippen molar-refractivity contribution < 1.29 is 9.53 Å². The lowest BCUT2D eigenvalue weighted by molar-refractivity contribution is -0.121. The molecule has 5 nitrogen and oxygen atoms in total. The second-order valence-electron chi connectivity index (χ2n) is 4.17. The third-order valence-corrected chi connectivity index (χ3v) is 2.56. The second-order valence-corrected chi connectivity index (χ2v) is 4.17. The van der Waals surface area contributed by atoms with Gasteiger partial charge in [0.1, 0.15) is 6.54 Å². The van der Waals surface area contributed by atoms with Gasteiger partial charge < -0.3 is 19.9 Å². The van der Waals surface area contributed by atoms with Crippen LogP contribution in [0.1, 0.15) is 18.9 Å². The van der Waals surface area contributed by atoms with Crippen LogP contribution in [-0.2, 0) is 22.6 Å². The van der Waals surface area contributed by atoms with Crippen LogP contribution in [0.5, 0.6) is 0 Å². The summed E-state index contributed by atoms with van der Waals surface area (Å²) < 4.78 is 6.82. The predicted octanol–water partition coefficient (Wildman–Crippen LogP) is 0.750. The summed E-state index contributed by atoms with van der Waals surface area (Å²) in [5.74, 6) is 0.0386. The van der Waals surface area contributed by atoms with Crippen LogP contribution < -0.4 is 10.6 Å². The Morgan fingerprint density at radius 3 is 3.06 bits per heavy atom. The molecule has 0 radical (unpaired) electrons. The molecule has 1 aromatic heterocycles. The smallest absolute Gasteiger partial charge is 0.239 e. The number of hydrogen-bond donors (Lipinski definition) is 2. The summed E-state index contributed by atoms with van der Waals surface area (Å²) in [5.41, 5.74) is 1.20. The van der Waals surface area contributed by atoms with Gasteiger partial charge in [-0.15, -0.1) is 0 Å². The maximum absolute atomic E-state index is 11.6. The summed E-state index contributed by atoms with van der Waals surface area (Å²) in [6, 6.07) is 2.03. The van der Waals surface area contributed by atoms with E-state index >= 15 is 0 Å². The van der Waals surface area contributed by atoms with E-state index in [1.165, 1.54) is 5.56 Å². The molecule has 0 aliphatic heterocycles. The topological polar surface area (TPSA) is 55.3 Å². The summed E-state index contributed by atoms with van der Waals surface area (Å²) in [5, 5.41) is 6.11. The molecular weight excluding hydrogens is 230 g/mol. The Morgan fingerprint density at radius 1 is 1.50 bits per heavy atom. The van der Waals surface area contributed by atoms with Crippen molar-refractivity contribution in [3.05, 3.63) is 24.0 Å². The molecule has 0 atom stereocenters. The molecule has 1 aromatic rings. The molecule has 2 N–H and O–H groups in total. The Balaban J connectivity index is 2.24. The van der Waals surface area contributed by atoms with Crippen LogP contribution in [0.15, 0.2) is 18.5 Å². The van der Waals surface area contributed by atoms with Crippen LogP contribution in [-0.4, -0.2) is 37.3 Å². The number of nitrogens with zero attached hydrogens (tertiary/aromatic N) is 1. The first-order chi connectivity index (χ1) is 8.76. The van der Waals surface area contributed by atoms with E-state index in [0.29, 0.717) is 19.7 Å². The van der Waals surface area contributed by atoms with E-state index in [1.807, 2.05) is 23.0 Å². The van der Waals surface area contributed by atoms with Crippen LogP contribution in [0.3, 0.4) is 0 Å². The number of hydrogen-bond acceptors (Lipinski definition) is 3. The zero-order valence-electron chi connectivity index (χ0n) is 11.2. The van der Waals surface area contributed by atoms with Crippen molar-refractivity contribution in [3.8, 4) is 0 Å². The van der Waals surface area contributed by atoms with Gasteiger partial charge in [0.15, 0.2) is 0 Å². The lowest BCUT2D eigenvalue weighted by atomic mass is 10.3. The Hall–Kier alpha value is -1.33. The molecule has 0 aliphatic rings. The number of carbonyl (C=O) groups is 1. The average Bonchev–Trinajstić information content (AvgIpc) is 2.80. The Kier molecular flexibility index (Phi) is 7.13. The monoisotopic (exact) mass is 253 g/mol. The third kappa shape index (κ3) is 5.84. The highest BCUT2D eigenvalue weighted by Gasteiger charge is 2.02. The van der Waals surface area contributed by atoms with Crippen LogP contribution in [0.25, 0.3) is 0 Å². The summed E-state index contributed by atoms with van der Waals surface area (Å²) in [6.07, 6.45) is 4.78. The van der Waals surface area contributed by atoms with Gasteiger partial charge in [-0.3, -0.25) is 4.79 Å². The minimum atomic E-state index is 0.0386. The first kappa shape index (κ1) is 14.7. The Morgan fingerprint density at radius 2 is 2.33 bits per heavy atom. The van der Waals surface area contributed by atoms with Gasteiger partial charge in [-0.2, -0.15) is 0 Å². The van der Waals surface area contributed by atoms with Crippen molar-refractivity contribution in [2.45, 2.75) is 26.4 Å². The average molecular weight is 253 g/mol.